The Labute approximate surface area is 137 Å². The molecular weight excluding hydrogens is 290 g/mol. The molecule has 0 spiro atoms. The van der Waals surface area contributed by atoms with E-state index in [9.17, 15) is 4.79 Å². The second-order valence-electron chi connectivity index (χ2n) is 6.39. The topological polar surface area (TPSA) is 47.6 Å². The number of amides is 1. The molecule has 1 saturated carbocycles. The maximum absolute atomic E-state index is 12.1. The average molecular weight is 315 g/mol. The van der Waals surface area contributed by atoms with Crippen LogP contribution in [0.5, 0.6) is 11.5 Å². The number of nitrogens with one attached hydrogen (secondary N) is 1. The maximum Gasteiger partial charge on any atom is 0.244 e. The molecule has 0 unspecified atom stereocenters. The number of hydrogen-bond donors (Lipinski definition) is 1. The summed E-state index contributed by atoms with van der Waals surface area (Å²) in [6.07, 6.45) is 9.13. The number of rotatable bonds is 5. The van der Waals surface area contributed by atoms with Crippen LogP contribution < -0.4 is 14.8 Å². The zero-order valence-electron chi connectivity index (χ0n) is 13.9. The van der Waals surface area contributed by atoms with Crippen LogP contribution in [0.2, 0.25) is 0 Å². The minimum Gasteiger partial charge on any atom is -0.493 e. The Morgan fingerprint density at radius 1 is 1.39 bits per heavy atom. The number of hydrogen-bond acceptors (Lipinski definition) is 3. The highest BCUT2D eigenvalue weighted by Crippen LogP contribution is 2.35. The van der Waals surface area contributed by atoms with Crippen LogP contribution in [0, 0.1) is 0 Å². The Hall–Kier alpha value is -1.97. The molecule has 0 saturated heterocycles. The summed E-state index contributed by atoms with van der Waals surface area (Å²) in [6, 6.07) is 4.35. The van der Waals surface area contributed by atoms with E-state index < -0.39 is 0 Å². The Balaban J connectivity index is 1.74. The molecular formula is C19H25NO3. The molecule has 0 bridgehead atoms. The molecule has 1 aliphatic carbocycles. The second kappa shape index (κ2) is 7.07. The lowest BCUT2D eigenvalue weighted by atomic mass is 10.1. The Bertz CT molecular complexity index is 603. The highest BCUT2D eigenvalue weighted by Gasteiger charge is 2.21. The van der Waals surface area contributed by atoms with E-state index in [1.165, 1.54) is 18.4 Å². The molecule has 0 aromatic heterocycles. The van der Waals surface area contributed by atoms with Crippen LogP contribution in [0.1, 0.15) is 50.7 Å². The SMILES string of the molecule is CCOc1cc2c(cc1/C=C/C(=O)NC1CCCC1)O[C@@H](C)C2. The van der Waals surface area contributed by atoms with Crippen LogP contribution >= 0.6 is 0 Å². The third-order valence-corrected chi connectivity index (χ3v) is 4.44. The fourth-order valence-corrected chi connectivity index (χ4v) is 3.35. The van der Waals surface area contributed by atoms with Crippen molar-refractivity contribution in [2.24, 2.45) is 0 Å². The van der Waals surface area contributed by atoms with E-state index in [0.717, 1.165) is 36.3 Å². The van der Waals surface area contributed by atoms with E-state index in [1.807, 2.05) is 25.1 Å². The monoisotopic (exact) mass is 315 g/mol. The van der Waals surface area contributed by atoms with E-state index >= 15 is 0 Å². The lowest BCUT2D eigenvalue weighted by Crippen LogP contribution is -2.30. The fourth-order valence-electron chi connectivity index (χ4n) is 3.35. The number of benzene rings is 1. The molecule has 0 radical (unpaired) electrons. The van der Waals surface area contributed by atoms with Gasteiger partial charge in [-0.25, -0.2) is 0 Å². The third kappa shape index (κ3) is 3.87. The summed E-state index contributed by atoms with van der Waals surface area (Å²) < 4.78 is 11.5. The van der Waals surface area contributed by atoms with Gasteiger partial charge in [0.25, 0.3) is 0 Å². The Kier molecular flexibility index (Phi) is 4.89. The molecule has 1 aliphatic heterocycles. The van der Waals surface area contributed by atoms with Crippen molar-refractivity contribution < 1.29 is 14.3 Å². The van der Waals surface area contributed by atoms with Crippen molar-refractivity contribution in [3.63, 3.8) is 0 Å². The summed E-state index contributed by atoms with van der Waals surface area (Å²) in [5, 5.41) is 3.06. The van der Waals surface area contributed by atoms with E-state index in [2.05, 4.69) is 12.2 Å². The normalized spacial score (nSPS) is 20.5. The van der Waals surface area contributed by atoms with Crippen LogP contribution in [0.25, 0.3) is 6.08 Å². The molecule has 23 heavy (non-hydrogen) atoms. The second-order valence-corrected chi connectivity index (χ2v) is 6.39. The lowest BCUT2D eigenvalue weighted by Gasteiger charge is -2.11. The first kappa shape index (κ1) is 15.9. The van der Waals surface area contributed by atoms with Gasteiger partial charge in [0.2, 0.25) is 5.91 Å². The largest absolute Gasteiger partial charge is 0.493 e. The molecule has 1 aromatic carbocycles. The predicted molar refractivity (Wildman–Crippen MR) is 90.8 cm³/mol. The van der Waals surface area contributed by atoms with Crippen molar-refractivity contribution in [2.45, 2.75) is 58.1 Å². The molecule has 3 rings (SSSR count). The summed E-state index contributed by atoms with van der Waals surface area (Å²) in [6.45, 7) is 4.63. The van der Waals surface area contributed by atoms with Gasteiger partial charge in [-0.1, -0.05) is 12.8 Å². The summed E-state index contributed by atoms with van der Waals surface area (Å²) in [5.74, 6) is 1.68. The number of fused-ring (bicyclic) bond motifs is 1. The average Bonchev–Trinajstić information content (AvgIpc) is 3.13. The van der Waals surface area contributed by atoms with Gasteiger partial charge in [-0.15, -0.1) is 0 Å². The summed E-state index contributed by atoms with van der Waals surface area (Å²) in [7, 11) is 0. The smallest absolute Gasteiger partial charge is 0.244 e. The summed E-state index contributed by atoms with van der Waals surface area (Å²) >= 11 is 0. The minimum absolute atomic E-state index is 0.0332. The highest BCUT2D eigenvalue weighted by atomic mass is 16.5. The molecule has 1 atom stereocenters. The van der Waals surface area contributed by atoms with Crippen molar-refractivity contribution in [3.8, 4) is 11.5 Å². The van der Waals surface area contributed by atoms with E-state index in [-0.39, 0.29) is 12.0 Å². The Morgan fingerprint density at radius 2 is 2.17 bits per heavy atom. The molecule has 4 heteroatoms. The van der Waals surface area contributed by atoms with Gasteiger partial charge in [-0.05, 0) is 44.9 Å². The van der Waals surface area contributed by atoms with Gasteiger partial charge in [-0.2, -0.15) is 0 Å². The number of carbonyl (C=O) groups excluding carboxylic acids is 1. The fraction of sp³-hybridized carbons (Fsp3) is 0.526. The quantitative estimate of drug-likeness (QED) is 0.846. The maximum atomic E-state index is 12.1. The van der Waals surface area contributed by atoms with Crippen LogP contribution in [0.3, 0.4) is 0 Å². The van der Waals surface area contributed by atoms with Crippen LogP contribution in [0.4, 0.5) is 0 Å². The number of carbonyl (C=O) groups is 1. The van der Waals surface area contributed by atoms with E-state index in [0.29, 0.717) is 12.6 Å². The van der Waals surface area contributed by atoms with Gasteiger partial charge >= 0.3 is 0 Å². The highest BCUT2D eigenvalue weighted by molar-refractivity contribution is 5.92. The molecule has 1 amide bonds. The van der Waals surface area contributed by atoms with E-state index in [1.54, 1.807) is 6.08 Å². The molecule has 4 nitrogen and oxygen atoms in total. The molecule has 1 N–H and O–H groups in total. The van der Waals surface area contributed by atoms with Gasteiger partial charge in [0.1, 0.15) is 17.6 Å². The van der Waals surface area contributed by atoms with Crippen LogP contribution in [-0.2, 0) is 11.2 Å². The van der Waals surface area contributed by atoms with E-state index in [4.69, 9.17) is 9.47 Å². The predicted octanol–water partition coefficient (Wildman–Crippen LogP) is 3.48. The molecule has 1 fully saturated rings. The zero-order valence-corrected chi connectivity index (χ0v) is 13.9. The first-order chi connectivity index (χ1) is 11.2. The van der Waals surface area contributed by atoms with Crippen LogP contribution in [-0.4, -0.2) is 24.7 Å². The van der Waals surface area contributed by atoms with Gasteiger partial charge in [0.05, 0.1) is 6.61 Å². The van der Waals surface area contributed by atoms with Crippen molar-refractivity contribution >= 4 is 12.0 Å². The number of ether oxygens (including phenoxy) is 2. The zero-order chi connectivity index (χ0) is 16.2. The van der Waals surface area contributed by atoms with Gasteiger partial charge < -0.3 is 14.8 Å². The van der Waals surface area contributed by atoms with Crippen molar-refractivity contribution in [1.29, 1.82) is 0 Å². The third-order valence-electron chi connectivity index (χ3n) is 4.44. The van der Waals surface area contributed by atoms with Gasteiger partial charge in [0, 0.05) is 29.7 Å². The van der Waals surface area contributed by atoms with Crippen LogP contribution in [0.15, 0.2) is 18.2 Å². The molecule has 1 heterocycles. The molecule has 2 aliphatic rings. The summed E-state index contributed by atoms with van der Waals surface area (Å²) in [4.78, 5) is 12.1. The standard InChI is InChI=1S/C19H25NO3/c1-3-22-17-12-15-10-13(2)23-18(15)11-14(17)8-9-19(21)20-16-6-4-5-7-16/h8-9,11-13,16H,3-7,10H2,1-2H3,(H,20,21)/b9-8+/t13-/m0/s1. The lowest BCUT2D eigenvalue weighted by molar-refractivity contribution is -0.117. The van der Waals surface area contributed by atoms with Crippen molar-refractivity contribution in [2.75, 3.05) is 6.61 Å². The molecule has 1 aromatic rings. The Morgan fingerprint density at radius 3 is 2.91 bits per heavy atom. The molecule has 124 valence electrons. The van der Waals surface area contributed by atoms with Crippen molar-refractivity contribution in [1.82, 2.24) is 5.32 Å². The van der Waals surface area contributed by atoms with Crippen molar-refractivity contribution in [3.05, 3.63) is 29.3 Å². The first-order valence-corrected chi connectivity index (χ1v) is 8.60. The van der Waals surface area contributed by atoms with Gasteiger partial charge in [-0.3, -0.25) is 4.79 Å². The first-order valence-electron chi connectivity index (χ1n) is 8.60. The minimum atomic E-state index is -0.0332. The van der Waals surface area contributed by atoms with Gasteiger partial charge in [0.15, 0.2) is 0 Å². The summed E-state index contributed by atoms with van der Waals surface area (Å²) in [5.41, 5.74) is 2.06.